The molecular weight excluding hydrogens is 524 g/mol. The van der Waals surface area contributed by atoms with Crippen LogP contribution < -0.4 is 14.9 Å². The summed E-state index contributed by atoms with van der Waals surface area (Å²) < 4.78 is 7.64. The molecule has 7 heteroatoms. The van der Waals surface area contributed by atoms with Crippen LogP contribution in [0.5, 0.6) is 0 Å². The van der Waals surface area contributed by atoms with Crippen LogP contribution in [-0.4, -0.2) is 23.4 Å². The molecule has 1 aliphatic rings. The highest BCUT2D eigenvalue weighted by molar-refractivity contribution is 7.98. The summed E-state index contributed by atoms with van der Waals surface area (Å²) in [6.45, 7) is 3.83. The third kappa shape index (κ3) is 4.41. The SMILES string of the molecule is CCOC(=O)C1=C(C)N=c2s/c(=C\c3c4ccccc4cc4ccccc34)c(=O)n2[C@H]1c1ccc(SC)cc1. The minimum atomic E-state index is -0.623. The number of aromatic nitrogens is 1. The largest absolute Gasteiger partial charge is 0.463 e. The fraction of sp³-hybridized carbons (Fsp3) is 0.156. The summed E-state index contributed by atoms with van der Waals surface area (Å²) in [4.78, 5) is 33.7. The average Bonchev–Trinajstić information content (AvgIpc) is 3.26. The molecule has 0 radical (unpaired) electrons. The van der Waals surface area contributed by atoms with Crippen LogP contribution in [0.3, 0.4) is 0 Å². The van der Waals surface area contributed by atoms with E-state index in [0.717, 1.165) is 37.6 Å². The van der Waals surface area contributed by atoms with Crippen molar-refractivity contribution in [3.63, 3.8) is 0 Å². The zero-order chi connectivity index (χ0) is 27.1. The number of fused-ring (bicyclic) bond motifs is 3. The predicted molar refractivity (Wildman–Crippen MR) is 160 cm³/mol. The number of esters is 1. The van der Waals surface area contributed by atoms with E-state index in [1.807, 2.05) is 67.8 Å². The molecule has 6 rings (SSSR count). The van der Waals surface area contributed by atoms with Gasteiger partial charge in [-0.3, -0.25) is 9.36 Å². The second-order valence-electron chi connectivity index (χ2n) is 9.31. The number of allylic oxidation sites excluding steroid dienone is 1. The summed E-state index contributed by atoms with van der Waals surface area (Å²) in [5, 5.41) is 4.38. The van der Waals surface area contributed by atoms with Gasteiger partial charge in [0, 0.05) is 4.90 Å². The van der Waals surface area contributed by atoms with Gasteiger partial charge in [0.1, 0.15) is 0 Å². The topological polar surface area (TPSA) is 60.7 Å². The van der Waals surface area contributed by atoms with Crippen molar-refractivity contribution in [2.24, 2.45) is 4.99 Å². The normalized spacial score (nSPS) is 15.5. The fourth-order valence-corrected chi connectivity index (χ4v) is 6.67. The van der Waals surface area contributed by atoms with Crippen LogP contribution >= 0.6 is 23.1 Å². The Morgan fingerprint density at radius 2 is 1.67 bits per heavy atom. The molecule has 0 bridgehead atoms. The van der Waals surface area contributed by atoms with Crippen LogP contribution in [0, 0.1) is 0 Å². The molecule has 4 aromatic carbocycles. The first-order valence-corrected chi connectivity index (χ1v) is 14.8. The number of thiazole rings is 1. The van der Waals surface area contributed by atoms with Gasteiger partial charge in [-0.05, 0) is 77.1 Å². The number of ether oxygens (including phenoxy) is 1. The highest BCUT2D eigenvalue weighted by Crippen LogP contribution is 2.32. The van der Waals surface area contributed by atoms with Crippen molar-refractivity contribution in [1.82, 2.24) is 4.57 Å². The molecular formula is C32H26N2O3S2. The van der Waals surface area contributed by atoms with Gasteiger partial charge < -0.3 is 4.74 Å². The number of benzene rings is 4. The van der Waals surface area contributed by atoms with Crippen molar-refractivity contribution < 1.29 is 9.53 Å². The summed E-state index contributed by atoms with van der Waals surface area (Å²) in [5.41, 5.74) is 2.62. The van der Waals surface area contributed by atoms with E-state index in [1.165, 1.54) is 11.3 Å². The lowest BCUT2D eigenvalue weighted by atomic mass is 9.96. The molecule has 0 amide bonds. The van der Waals surface area contributed by atoms with Crippen molar-refractivity contribution >= 4 is 56.7 Å². The standard InChI is InChI=1S/C32H26N2O3S2/c1-4-37-31(36)28-19(2)33-32-34(29(28)20-13-15-23(38-3)16-14-20)30(35)27(39-32)18-26-24-11-7-5-9-21(24)17-22-10-6-8-12-25(22)26/h5-18,29H,4H2,1-3H3/b27-18-/t29-/m0/s1. The Morgan fingerprint density at radius 3 is 2.28 bits per heavy atom. The number of nitrogens with zero attached hydrogens (tertiary/aromatic N) is 2. The highest BCUT2D eigenvalue weighted by atomic mass is 32.2. The maximum absolute atomic E-state index is 14.1. The number of carbonyl (C=O) groups is 1. The van der Waals surface area contributed by atoms with Gasteiger partial charge in [0.05, 0.1) is 28.5 Å². The fourth-order valence-electron chi connectivity index (χ4n) is 5.23. The van der Waals surface area contributed by atoms with Crippen LogP contribution in [0.15, 0.2) is 105 Å². The Morgan fingerprint density at radius 1 is 1.03 bits per heavy atom. The van der Waals surface area contributed by atoms with Gasteiger partial charge in [-0.2, -0.15) is 0 Å². The van der Waals surface area contributed by atoms with E-state index < -0.39 is 12.0 Å². The molecule has 0 saturated heterocycles. The predicted octanol–water partition coefficient (Wildman–Crippen LogP) is 5.83. The summed E-state index contributed by atoms with van der Waals surface area (Å²) >= 11 is 2.99. The van der Waals surface area contributed by atoms with Crippen LogP contribution in [0.1, 0.15) is 31.0 Å². The molecule has 1 aromatic heterocycles. The molecule has 0 saturated carbocycles. The van der Waals surface area contributed by atoms with E-state index in [-0.39, 0.29) is 12.2 Å². The van der Waals surface area contributed by atoms with Crippen LogP contribution in [0.25, 0.3) is 27.6 Å². The van der Waals surface area contributed by atoms with Gasteiger partial charge in [-0.25, -0.2) is 9.79 Å². The lowest BCUT2D eigenvalue weighted by Gasteiger charge is -2.24. The summed E-state index contributed by atoms with van der Waals surface area (Å²) in [5.74, 6) is -0.452. The molecule has 194 valence electrons. The molecule has 0 aliphatic carbocycles. The van der Waals surface area contributed by atoms with Gasteiger partial charge >= 0.3 is 5.97 Å². The Labute approximate surface area is 233 Å². The third-order valence-corrected chi connectivity index (χ3v) is 8.76. The van der Waals surface area contributed by atoms with Gasteiger partial charge in [0.25, 0.3) is 5.56 Å². The summed E-state index contributed by atoms with van der Waals surface area (Å²) in [7, 11) is 0. The van der Waals surface area contributed by atoms with E-state index in [4.69, 9.17) is 9.73 Å². The Bertz CT molecular complexity index is 1910. The average molecular weight is 551 g/mol. The van der Waals surface area contributed by atoms with E-state index in [2.05, 4.69) is 30.3 Å². The molecule has 2 heterocycles. The van der Waals surface area contributed by atoms with E-state index in [1.54, 1.807) is 23.3 Å². The van der Waals surface area contributed by atoms with Crippen molar-refractivity contribution in [3.8, 4) is 0 Å². The second-order valence-corrected chi connectivity index (χ2v) is 11.2. The van der Waals surface area contributed by atoms with Crippen molar-refractivity contribution in [2.45, 2.75) is 24.8 Å². The first kappa shape index (κ1) is 25.3. The second kappa shape index (κ2) is 10.3. The van der Waals surface area contributed by atoms with Gasteiger partial charge in [-0.1, -0.05) is 72.0 Å². The highest BCUT2D eigenvalue weighted by Gasteiger charge is 2.33. The summed E-state index contributed by atoms with van der Waals surface area (Å²) in [6.07, 6.45) is 3.99. The van der Waals surface area contributed by atoms with Crippen LogP contribution in [0.2, 0.25) is 0 Å². The zero-order valence-electron chi connectivity index (χ0n) is 21.8. The van der Waals surface area contributed by atoms with E-state index >= 15 is 0 Å². The molecule has 39 heavy (non-hydrogen) atoms. The molecule has 5 nitrogen and oxygen atoms in total. The lowest BCUT2D eigenvalue weighted by Crippen LogP contribution is -2.39. The minimum Gasteiger partial charge on any atom is -0.463 e. The number of hydrogen-bond acceptors (Lipinski definition) is 6. The summed E-state index contributed by atoms with van der Waals surface area (Å²) in [6, 6.07) is 26.0. The van der Waals surface area contributed by atoms with Crippen LogP contribution in [0.4, 0.5) is 0 Å². The number of hydrogen-bond donors (Lipinski definition) is 0. The molecule has 0 spiro atoms. The lowest BCUT2D eigenvalue weighted by molar-refractivity contribution is -0.139. The number of thioether (sulfide) groups is 1. The molecule has 0 fully saturated rings. The maximum atomic E-state index is 14.1. The van der Waals surface area contributed by atoms with Crippen molar-refractivity contribution in [3.05, 3.63) is 121 Å². The van der Waals surface area contributed by atoms with Crippen LogP contribution in [-0.2, 0) is 9.53 Å². The molecule has 1 aliphatic heterocycles. The molecule has 5 aromatic rings. The Kier molecular flexibility index (Phi) is 6.71. The van der Waals surface area contributed by atoms with Gasteiger partial charge in [0.15, 0.2) is 4.80 Å². The number of rotatable bonds is 5. The molecule has 0 unspecified atom stereocenters. The third-order valence-electron chi connectivity index (χ3n) is 7.04. The molecule has 1 atom stereocenters. The zero-order valence-corrected chi connectivity index (χ0v) is 23.4. The van der Waals surface area contributed by atoms with Gasteiger partial charge in [-0.15, -0.1) is 11.8 Å². The van der Waals surface area contributed by atoms with Crippen molar-refractivity contribution in [2.75, 3.05) is 12.9 Å². The Hall–Kier alpha value is -3.94. The van der Waals surface area contributed by atoms with Crippen molar-refractivity contribution in [1.29, 1.82) is 0 Å². The Balaban J connectivity index is 1.63. The molecule has 0 N–H and O–H groups in total. The first-order valence-electron chi connectivity index (χ1n) is 12.7. The van der Waals surface area contributed by atoms with E-state index in [0.29, 0.717) is 20.6 Å². The smallest absolute Gasteiger partial charge is 0.338 e. The minimum absolute atomic E-state index is 0.177. The maximum Gasteiger partial charge on any atom is 0.338 e. The first-order chi connectivity index (χ1) is 19.0. The van der Waals surface area contributed by atoms with Gasteiger partial charge in [0.2, 0.25) is 0 Å². The quantitative estimate of drug-likeness (QED) is 0.157. The number of carbonyl (C=O) groups excluding carboxylic acids is 1. The monoisotopic (exact) mass is 550 g/mol. The van der Waals surface area contributed by atoms with E-state index in [9.17, 15) is 9.59 Å².